The monoisotopic (exact) mass is 456 g/mol. The topological polar surface area (TPSA) is 74.0 Å². The van der Waals surface area contributed by atoms with Gasteiger partial charge in [-0.2, -0.15) is 0 Å². The normalized spacial score (nSPS) is 10.8. The predicted molar refractivity (Wildman–Crippen MR) is 98.5 cm³/mol. The van der Waals surface area contributed by atoms with Crippen LogP contribution in [0.5, 0.6) is 5.75 Å². The maximum Gasteiger partial charge on any atom is 0.269 e. The standard InChI is InChI=1S/C16H14Br2N2O4/c1-2-23-16-14(17)7-12(8-15(16)18)9-19-24-10-11-4-3-5-13(6-11)20(21)22/h3-9H,2,10H2,1H3/b19-9-. The van der Waals surface area contributed by atoms with Gasteiger partial charge >= 0.3 is 0 Å². The van der Waals surface area contributed by atoms with Gasteiger partial charge in [0.2, 0.25) is 0 Å². The first-order chi connectivity index (χ1) is 11.5. The Labute approximate surface area is 155 Å². The predicted octanol–water partition coefficient (Wildman–Crippen LogP) is 5.07. The minimum Gasteiger partial charge on any atom is -0.492 e. The molecule has 0 aromatic heterocycles. The number of rotatable bonds is 7. The van der Waals surface area contributed by atoms with Crippen LogP contribution in [0.25, 0.3) is 0 Å². The number of non-ortho nitro benzene ring substituents is 1. The highest BCUT2D eigenvalue weighted by Gasteiger charge is 2.08. The summed E-state index contributed by atoms with van der Waals surface area (Å²) in [6.07, 6.45) is 1.56. The first-order valence-corrected chi connectivity index (χ1v) is 8.60. The van der Waals surface area contributed by atoms with Crippen LogP contribution >= 0.6 is 31.9 Å². The second-order valence-corrected chi connectivity index (χ2v) is 6.39. The van der Waals surface area contributed by atoms with Crippen LogP contribution in [-0.2, 0) is 11.4 Å². The van der Waals surface area contributed by atoms with Crippen LogP contribution in [0.4, 0.5) is 5.69 Å². The third-order valence-corrected chi connectivity index (χ3v) is 4.12. The first-order valence-electron chi connectivity index (χ1n) is 7.01. The zero-order valence-electron chi connectivity index (χ0n) is 12.7. The third kappa shape index (κ3) is 5.04. The molecule has 2 aromatic carbocycles. The van der Waals surface area contributed by atoms with Crippen LogP contribution in [0.3, 0.4) is 0 Å². The van der Waals surface area contributed by atoms with Crippen LogP contribution in [0.15, 0.2) is 50.5 Å². The quantitative estimate of drug-likeness (QED) is 0.330. The average Bonchev–Trinajstić information content (AvgIpc) is 2.55. The van der Waals surface area contributed by atoms with Gasteiger partial charge in [-0.15, -0.1) is 0 Å². The summed E-state index contributed by atoms with van der Waals surface area (Å²) in [4.78, 5) is 15.5. The largest absolute Gasteiger partial charge is 0.492 e. The number of nitro groups is 1. The molecule has 0 fully saturated rings. The minimum absolute atomic E-state index is 0.0273. The Morgan fingerprint density at radius 3 is 2.58 bits per heavy atom. The molecule has 0 saturated heterocycles. The Hall–Kier alpha value is -1.93. The molecule has 2 aromatic rings. The smallest absolute Gasteiger partial charge is 0.269 e. The first kappa shape index (κ1) is 18.4. The Kier molecular flexibility index (Phi) is 6.74. The molecule has 126 valence electrons. The summed E-state index contributed by atoms with van der Waals surface area (Å²) in [5, 5.41) is 14.6. The Morgan fingerprint density at radius 1 is 1.25 bits per heavy atom. The highest BCUT2D eigenvalue weighted by atomic mass is 79.9. The van der Waals surface area contributed by atoms with Gasteiger partial charge in [0.25, 0.3) is 5.69 Å². The number of nitro benzene ring substituents is 1. The molecular formula is C16H14Br2N2O4. The number of oxime groups is 1. The highest BCUT2D eigenvalue weighted by molar-refractivity contribution is 9.11. The van der Waals surface area contributed by atoms with E-state index in [0.717, 1.165) is 20.3 Å². The Bertz CT molecular complexity index is 742. The molecule has 0 aliphatic carbocycles. The lowest BCUT2D eigenvalue weighted by molar-refractivity contribution is -0.384. The molecule has 0 unspecified atom stereocenters. The zero-order valence-corrected chi connectivity index (χ0v) is 15.9. The van der Waals surface area contributed by atoms with E-state index >= 15 is 0 Å². The van der Waals surface area contributed by atoms with Gasteiger partial charge in [-0.05, 0) is 62.0 Å². The molecule has 0 atom stereocenters. The van der Waals surface area contributed by atoms with E-state index < -0.39 is 4.92 Å². The van der Waals surface area contributed by atoms with Gasteiger partial charge in [0.1, 0.15) is 12.4 Å². The van der Waals surface area contributed by atoms with E-state index in [0.29, 0.717) is 12.2 Å². The second-order valence-electron chi connectivity index (χ2n) is 4.68. The van der Waals surface area contributed by atoms with Gasteiger partial charge in [-0.1, -0.05) is 17.3 Å². The van der Waals surface area contributed by atoms with Gasteiger partial charge in [0.05, 0.1) is 26.7 Å². The molecule has 0 aliphatic rings. The van der Waals surface area contributed by atoms with Gasteiger partial charge in [-0.25, -0.2) is 0 Å². The summed E-state index contributed by atoms with van der Waals surface area (Å²) in [6, 6.07) is 9.96. The van der Waals surface area contributed by atoms with Crippen molar-refractivity contribution >= 4 is 43.8 Å². The van der Waals surface area contributed by atoms with Crippen molar-refractivity contribution in [1.29, 1.82) is 0 Å². The molecule has 6 nitrogen and oxygen atoms in total. The second kappa shape index (κ2) is 8.79. The van der Waals surface area contributed by atoms with Crippen LogP contribution in [0, 0.1) is 10.1 Å². The summed E-state index contributed by atoms with van der Waals surface area (Å²) in [5.74, 6) is 0.729. The molecule has 0 saturated carbocycles. The fraction of sp³-hybridized carbons (Fsp3) is 0.188. The molecule has 0 amide bonds. The molecule has 0 bridgehead atoms. The number of ether oxygens (including phenoxy) is 1. The van der Waals surface area contributed by atoms with Gasteiger partial charge in [0, 0.05) is 12.1 Å². The van der Waals surface area contributed by atoms with Crippen molar-refractivity contribution in [3.05, 3.63) is 66.6 Å². The SMILES string of the molecule is CCOc1c(Br)cc(/C=N\OCc2cccc([N+](=O)[O-])c2)cc1Br. The number of nitrogens with zero attached hydrogens (tertiary/aromatic N) is 2. The van der Waals surface area contributed by atoms with Gasteiger partial charge in [-0.3, -0.25) is 10.1 Å². The van der Waals surface area contributed by atoms with E-state index in [9.17, 15) is 10.1 Å². The lowest BCUT2D eigenvalue weighted by Gasteiger charge is -2.09. The summed E-state index contributed by atoms with van der Waals surface area (Å²) in [6.45, 7) is 2.63. The summed E-state index contributed by atoms with van der Waals surface area (Å²) < 4.78 is 7.12. The third-order valence-electron chi connectivity index (χ3n) is 2.94. The number of hydrogen-bond donors (Lipinski definition) is 0. The van der Waals surface area contributed by atoms with E-state index in [1.807, 2.05) is 19.1 Å². The molecule has 0 aliphatic heterocycles. The highest BCUT2D eigenvalue weighted by Crippen LogP contribution is 2.34. The molecular weight excluding hydrogens is 444 g/mol. The van der Waals surface area contributed by atoms with Crippen molar-refractivity contribution in [3.63, 3.8) is 0 Å². The minimum atomic E-state index is -0.443. The van der Waals surface area contributed by atoms with Crippen LogP contribution in [-0.4, -0.2) is 17.7 Å². The van der Waals surface area contributed by atoms with Crippen LogP contribution in [0.1, 0.15) is 18.1 Å². The van der Waals surface area contributed by atoms with E-state index in [2.05, 4.69) is 37.0 Å². The summed E-state index contributed by atoms with van der Waals surface area (Å²) in [7, 11) is 0. The zero-order chi connectivity index (χ0) is 17.5. The Morgan fingerprint density at radius 2 is 1.96 bits per heavy atom. The average molecular weight is 458 g/mol. The molecule has 0 radical (unpaired) electrons. The van der Waals surface area contributed by atoms with E-state index in [1.165, 1.54) is 12.1 Å². The van der Waals surface area contributed by atoms with Crippen LogP contribution < -0.4 is 4.74 Å². The van der Waals surface area contributed by atoms with Gasteiger partial charge < -0.3 is 9.57 Å². The van der Waals surface area contributed by atoms with Crippen molar-refractivity contribution in [3.8, 4) is 5.75 Å². The molecule has 8 heteroatoms. The molecule has 24 heavy (non-hydrogen) atoms. The summed E-state index contributed by atoms with van der Waals surface area (Å²) in [5.41, 5.74) is 1.52. The van der Waals surface area contributed by atoms with E-state index in [-0.39, 0.29) is 12.3 Å². The number of hydrogen-bond acceptors (Lipinski definition) is 5. The molecule has 2 rings (SSSR count). The maximum atomic E-state index is 10.7. The Balaban J connectivity index is 1.99. The lowest BCUT2D eigenvalue weighted by Crippen LogP contribution is -1.95. The van der Waals surface area contributed by atoms with Crippen molar-refractivity contribution in [1.82, 2.24) is 0 Å². The van der Waals surface area contributed by atoms with E-state index in [4.69, 9.17) is 9.57 Å². The van der Waals surface area contributed by atoms with Crippen molar-refractivity contribution < 1.29 is 14.5 Å². The van der Waals surface area contributed by atoms with Gasteiger partial charge in [0.15, 0.2) is 0 Å². The number of halogens is 2. The van der Waals surface area contributed by atoms with Crippen molar-refractivity contribution in [2.75, 3.05) is 6.61 Å². The molecule has 0 N–H and O–H groups in total. The van der Waals surface area contributed by atoms with Crippen molar-refractivity contribution in [2.24, 2.45) is 5.16 Å². The van der Waals surface area contributed by atoms with E-state index in [1.54, 1.807) is 18.3 Å². The van der Waals surface area contributed by atoms with Crippen LogP contribution in [0.2, 0.25) is 0 Å². The summed E-state index contributed by atoms with van der Waals surface area (Å²) >= 11 is 6.89. The van der Waals surface area contributed by atoms with Crippen molar-refractivity contribution in [2.45, 2.75) is 13.5 Å². The fourth-order valence-corrected chi connectivity index (χ4v) is 3.36. The molecule has 0 heterocycles. The maximum absolute atomic E-state index is 10.7. The fourth-order valence-electron chi connectivity index (χ4n) is 1.91. The molecule has 0 spiro atoms. The lowest BCUT2D eigenvalue weighted by atomic mass is 10.2. The number of benzene rings is 2.